The monoisotopic (exact) mass is 503 g/mol. The Morgan fingerprint density at radius 1 is 1.10 bits per heavy atom. The molecule has 2 aromatic carbocycles. The molecule has 162 valence electrons. The van der Waals surface area contributed by atoms with Crippen molar-refractivity contribution < 1.29 is 23.8 Å². The van der Waals surface area contributed by atoms with Crippen molar-refractivity contribution in [1.82, 2.24) is 0 Å². The maximum absolute atomic E-state index is 12.3. The van der Waals surface area contributed by atoms with Crippen molar-refractivity contribution in [2.24, 2.45) is 0 Å². The maximum Gasteiger partial charge on any atom is 0.351 e. The topological polar surface area (TPSA) is 73.9 Å². The van der Waals surface area contributed by atoms with E-state index in [1.807, 2.05) is 54.6 Å². The van der Waals surface area contributed by atoms with E-state index in [-0.39, 0.29) is 23.8 Å². The van der Waals surface area contributed by atoms with Gasteiger partial charge in [0.25, 0.3) is 0 Å². The number of hydrogen-bond acceptors (Lipinski definition) is 7. The normalized spacial score (nSPS) is 10.4. The first-order valence-electron chi connectivity index (χ1n) is 9.60. The Bertz CT molecular complexity index is 1050. The number of para-hydroxylation sites is 1. The van der Waals surface area contributed by atoms with Crippen molar-refractivity contribution in [3.05, 3.63) is 69.5 Å². The molecule has 31 heavy (non-hydrogen) atoms. The summed E-state index contributed by atoms with van der Waals surface area (Å²) in [6.07, 6.45) is 0. The molecule has 0 aliphatic carbocycles. The number of rotatable bonds is 9. The van der Waals surface area contributed by atoms with E-state index in [0.717, 1.165) is 21.7 Å². The van der Waals surface area contributed by atoms with Gasteiger partial charge in [-0.15, -0.1) is 11.3 Å². The van der Waals surface area contributed by atoms with E-state index in [4.69, 9.17) is 14.2 Å². The molecule has 0 bridgehead atoms. The minimum atomic E-state index is -0.530. The van der Waals surface area contributed by atoms with Crippen LogP contribution in [-0.4, -0.2) is 32.3 Å². The molecular weight excluding hydrogens is 482 g/mol. The van der Waals surface area contributed by atoms with Crippen molar-refractivity contribution in [3.8, 4) is 16.2 Å². The lowest BCUT2D eigenvalue weighted by Crippen LogP contribution is -2.15. The molecule has 3 aromatic rings. The molecule has 0 amide bonds. The van der Waals surface area contributed by atoms with Crippen LogP contribution in [0, 0.1) is 0 Å². The van der Waals surface area contributed by atoms with Crippen LogP contribution in [0.25, 0.3) is 10.4 Å². The molecule has 0 fully saturated rings. The van der Waals surface area contributed by atoms with Gasteiger partial charge < -0.3 is 19.5 Å². The van der Waals surface area contributed by atoms with Crippen LogP contribution >= 0.6 is 27.3 Å². The van der Waals surface area contributed by atoms with Crippen LogP contribution in [0.5, 0.6) is 5.75 Å². The summed E-state index contributed by atoms with van der Waals surface area (Å²) in [6.45, 7) is 2.33. The summed E-state index contributed by atoms with van der Waals surface area (Å²) in [5.41, 5.74) is 3.03. The third-order valence-corrected chi connectivity index (χ3v) is 6.50. The van der Waals surface area contributed by atoms with Crippen molar-refractivity contribution in [1.29, 1.82) is 0 Å². The van der Waals surface area contributed by atoms with Crippen LogP contribution in [0.4, 0.5) is 5.69 Å². The summed E-state index contributed by atoms with van der Waals surface area (Å²) < 4.78 is 16.0. The first kappa shape index (κ1) is 22.8. The lowest BCUT2D eigenvalue weighted by atomic mass is 10.1. The van der Waals surface area contributed by atoms with Crippen LogP contribution < -0.4 is 10.1 Å². The first-order valence-corrected chi connectivity index (χ1v) is 11.2. The van der Waals surface area contributed by atoms with Crippen LogP contribution in [0.3, 0.4) is 0 Å². The van der Waals surface area contributed by atoms with Gasteiger partial charge >= 0.3 is 11.9 Å². The number of nitrogens with one attached hydrogen (secondary N) is 1. The summed E-state index contributed by atoms with van der Waals surface area (Å²) in [4.78, 5) is 25.1. The second-order valence-corrected chi connectivity index (χ2v) is 8.22. The number of carbonyl (C=O) groups excluding carboxylic acids is 2. The number of hydrogen-bond donors (Lipinski definition) is 1. The predicted molar refractivity (Wildman–Crippen MR) is 125 cm³/mol. The second-order valence-electron chi connectivity index (χ2n) is 6.41. The van der Waals surface area contributed by atoms with E-state index >= 15 is 0 Å². The molecule has 0 radical (unpaired) electrons. The Balaban J connectivity index is 1.86. The lowest BCUT2D eigenvalue weighted by Gasteiger charge is -2.08. The Morgan fingerprint density at radius 2 is 1.87 bits per heavy atom. The molecule has 0 atom stereocenters. The average Bonchev–Trinajstić information content (AvgIpc) is 3.13. The maximum atomic E-state index is 12.3. The molecule has 1 aromatic heterocycles. The summed E-state index contributed by atoms with van der Waals surface area (Å²) in [7, 11) is 1.31. The fourth-order valence-electron chi connectivity index (χ4n) is 2.85. The van der Waals surface area contributed by atoms with Crippen LogP contribution in [0.1, 0.15) is 22.2 Å². The van der Waals surface area contributed by atoms with Gasteiger partial charge in [-0.25, -0.2) is 9.59 Å². The van der Waals surface area contributed by atoms with Gasteiger partial charge in [0.2, 0.25) is 0 Å². The van der Waals surface area contributed by atoms with Gasteiger partial charge in [0.05, 0.1) is 23.1 Å². The zero-order chi connectivity index (χ0) is 22.2. The third kappa shape index (κ3) is 5.86. The standard InChI is InChI=1S/C23H22BrNO5S/c1-3-29-18(26)14-30-20-19(24)21(31-22(20)23(27)28-2)16-9-7-8-15(12-16)13-25-17-10-5-4-6-11-17/h4-12,25H,3,13-14H2,1-2H3. The highest BCUT2D eigenvalue weighted by Gasteiger charge is 2.25. The summed E-state index contributed by atoms with van der Waals surface area (Å²) >= 11 is 4.78. The second kappa shape index (κ2) is 11.0. The van der Waals surface area contributed by atoms with Gasteiger partial charge in [-0.05, 0) is 52.2 Å². The number of methoxy groups -OCH3 is 1. The van der Waals surface area contributed by atoms with Gasteiger partial charge in [0.15, 0.2) is 17.2 Å². The zero-order valence-corrected chi connectivity index (χ0v) is 19.5. The molecule has 8 heteroatoms. The van der Waals surface area contributed by atoms with Crippen LogP contribution in [0.15, 0.2) is 59.1 Å². The van der Waals surface area contributed by atoms with Crippen LogP contribution in [0.2, 0.25) is 0 Å². The number of carbonyl (C=O) groups is 2. The van der Waals surface area contributed by atoms with Gasteiger partial charge in [-0.1, -0.05) is 36.4 Å². The molecular formula is C23H22BrNO5S. The molecule has 1 N–H and O–H groups in total. The molecule has 0 spiro atoms. The van der Waals surface area contributed by atoms with E-state index in [9.17, 15) is 9.59 Å². The SMILES string of the molecule is CCOC(=O)COc1c(C(=O)OC)sc(-c2cccc(CNc3ccccc3)c2)c1Br. The predicted octanol–water partition coefficient (Wildman–Crippen LogP) is 5.52. The van der Waals surface area contributed by atoms with E-state index in [0.29, 0.717) is 11.0 Å². The summed E-state index contributed by atoms with van der Waals surface area (Å²) in [5, 5.41) is 3.38. The number of anilines is 1. The van der Waals surface area contributed by atoms with Crippen molar-refractivity contribution in [3.63, 3.8) is 0 Å². The quantitative estimate of drug-likeness (QED) is 0.387. The average molecular weight is 504 g/mol. The Kier molecular flexibility index (Phi) is 8.08. The zero-order valence-electron chi connectivity index (χ0n) is 17.1. The third-order valence-electron chi connectivity index (χ3n) is 4.28. The minimum Gasteiger partial charge on any atom is -0.479 e. The van der Waals surface area contributed by atoms with Gasteiger partial charge in [-0.2, -0.15) is 0 Å². The van der Waals surface area contributed by atoms with Crippen molar-refractivity contribution in [2.75, 3.05) is 25.6 Å². The Morgan fingerprint density at radius 3 is 2.58 bits per heavy atom. The molecule has 0 aliphatic rings. The number of thiophene rings is 1. The number of benzene rings is 2. The largest absolute Gasteiger partial charge is 0.479 e. The van der Waals surface area contributed by atoms with Gasteiger partial charge in [0.1, 0.15) is 0 Å². The van der Waals surface area contributed by atoms with Gasteiger partial charge in [0, 0.05) is 12.2 Å². The van der Waals surface area contributed by atoms with Crippen LogP contribution in [-0.2, 0) is 20.8 Å². The highest BCUT2D eigenvalue weighted by molar-refractivity contribution is 9.10. The molecule has 0 aliphatic heterocycles. The summed E-state index contributed by atoms with van der Waals surface area (Å²) in [5.74, 6) is -0.766. The Hall–Kier alpha value is -2.84. The highest BCUT2D eigenvalue weighted by Crippen LogP contribution is 2.46. The molecule has 0 saturated heterocycles. The first-order chi connectivity index (χ1) is 15.0. The van der Waals surface area contributed by atoms with E-state index < -0.39 is 11.9 Å². The number of halogens is 1. The smallest absolute Gasteiger partial charge is 0.351 e. The Labute approximate surface area is 193 Å². The van der Waals surface area contributed by atoms with Gasteiger partial charge in [-0.3, -0.25) is 0 Å². The minimum absolute atomic E-state index is 0.256. The van der Waals surface area contributed by atoms with Crippen molar-refractivity contribution in [2.45, 2.75) is 13.5 Å². The highest BCUT2D eigenvalue weighted by atomic mass is 79.9. The molecule has 6 nitrogen and oxygen atoms in total. The molecule has 3 rings (SSSR count). The summed E-state index contributed by atoms with van der Waals surface area (Å²) in [6, 6.07) is 17.9. The lowest BCUT2D eigenvalue weighted by molar-refractivity contribution is -0.145. The van der Waals surface area contributed by atoms with E-state index in [1.54, 1.807) is 6.92 Å². The fourth-order valence-corrected chi connectivity index (χ4v) is 4.82. The van der Waals surface area contributed by atoms with Crippen molar-refractivity contribution >= 4 is 44.9 Å². The number of esters is 2. The fraction of sp³-hybridized carbons (Fsp3) is 0.217. The molecule has 0 unspecified atom stereocenters. The molecule has 0 saturated carbocycles. The van der Waals surface area contributed by atoms with E-state index in [1.165, 1.54) is 18.4 Å². The van der Waals surface area contributed by atoms with E-state index in [2.05, 4.69) is 21.2 Å². The number of ether oxygens (including phenoxy) is 3. The molecule has 1 heterocycles.